The van der Waals surface area contributed by atoms with Gasteiger partial charge in [-0.2, -0.15) is 0 Å². The van der Waals surface area contributed by atoms with Gasteiger partial charge in [-0.05, 0) is 37.1 Å². The van der Waals surface area contributed by atoms with Gasteiger partial charge in [0.1, 0.15) is 0 Å². The molecule has 1 N–H and O–H groups in total. The fourth-order valence-electron chi connectivity index (χ4n) is 3.67. The van der Waals surface area contributed by atoms with Crippen LogP contribution in [0.3, 0.4) is 0 Å². The Morgan fingerprint density at radius 3 is 2.70 bits per heavy atom. The summed E-state index contributed by atoms with van der Waals surface area (Å²) in [4.78, 5) is 41.6. The van der Waals surface area contributed by atoms with Gasteiger partial charge < -0.3 is 9.84 Å². The van der Waals surface area contributed by atoms with Crippen LogP contribution in [0.2, 0.25) is 0 Å². The SMILES string of the molecule is CCOC(=O)C1=C(C)N=c2s/c(=C\c3ccc(O)c([N+](=O)[O-])c3)c(=O)n2C1c1ccccc1. The van der Waals surface area contributed by atoms with Crippen molar-refractivity contribution in [3.63, 3.8) is 0 Å². The van der Waals surface area contributed by atoms with Crippen molar-refractivity contribution in [2.24, 2.45) is 4.99 Å². The minimum Gasteiger partial charge on any atom is -0.502 e. The number of phenolic OH excluding ortho intramolecular Hbond substituents is 1. The first-order valence-corrected chi connectivity index (χ1v) is 10.9. The van der Waals surface area contributed by atoms with E-state index < -0.39 is 33.9 Å². The number of nitro benzene ring substituents is 1. The Kier molecular flexibility index (Phi) is 5.93. The Labute approximate surface area is 191 Å². The largest absolute Gasteiger partial charge is 0.502 e. The van der Waals surface area contributed by atoms with Gasteiger partial charge in [-0.1, -0.05) is 47.7 Å². The van der Waals surface area contributed by atoms with E-state index in [1.807, 2.05) is 30.3 Å². The molecule has 0 spiro atoms. The van der Waals surface area contributed by atoms with Crippen LogP contribution in [0.5, 0.6) is 5.75 Å². The third-order valence-electron chi connectivity index (χ3n) is 5.13. The number of nitrogens with zero attached hydrogens (tertiary/aromatic N) is 3. The highest BCUT2D eigenvalue weighted by Gasteiger charge is 2.33. The number of hydrogen-bond donors (Lipinski definition) is 1. The number of benzene rings is 2. The normalized spacial score (nSPS) is 15.7. The molecule has 0 fully saturated rings. The number of aromatic hydroxyl groups is 1. The zero-order valence-electron chi connectivity index (χ0n) is 17.7. The first-order valence-electron chi connectivity index (χ1n) is 10.0. The van der Waals surface area contributed by atoms with Crippen molar-refractivity contribution in [1.82, 2.24) is 4.57 Å². The smallest absolute Gasteiger partial charge is 0.338 e. The van der Waals surface area contributed by atoms with E-state index >= 15 is 0 Å². The molecular formula is C23H19N3O6S. The van der Waals surface area contributed by atoms with Gasteiger partial charge in [-0.25, -0.2) is 9.79 Å². The number of phenols is 1. The van der Waals surface area contributed by atoms with E-state index in [0.717, 1.165) is 16.9 Å². The molecule has 1 aromatic heterocycles. The molecule has 4 rings (SSSR count). The lowest BCUT2D eigenvalue weighted by Gasteiger charge is -2.24. The second-order valence-corrected chi connectivity index (χ2v) is 8.23. The average Bonchev–Trinajstić information content (AvgIpc) is 3.09. The Bertz CT molecular complexity index is 1470. The number of carbonyl (C=O) groups excluding carboxylic acids is 1. The van der Waals surface area contributed by atoms with Gasteiger partial charge in [0.15, 0.2) is 10.6 Å². The molecule has 0 aliphatic carbocycles. The van der Waals surface area contributed by atoms with Crippen LogP contribution >= 0.6 is 11.3 Å². The Morgan fingerprint density at radius 2 is 2.03 bits per heavy atom. The Balaban J connectivity index is 1.94. The van der Waals surface area contributed by atoms with Crippen LogP contribution in [0, 0.1) is 10.1 Å². The van der Waals surface area contributed by atoms with Crippen LogP contribution in [0.25, 0.3) is 6.08 Å². The fraction of sp³-hybridized carbons (Fsp3) is 0.174. The molecule has 168 valence electrons. The molecule has 1 aliphatic rings. The maximum absolute atomic E-state index is 13.4. The lowest BCUT2D eigenvalue weighted by molar-refractivity contribution is -0.385. The lowest BCUT2D eigenvalue weighted by atomic mass is 9.96. The molecule has 0 saturated heterocycles. The van der Waals surface area contributed by atoms with E-state index in [9.17, 15) is 24.8 Å². The molecule has 2 aromatic carbocycles. The van der Waals surface area contributed by atoms with E-state index in [0.29, 0.717) is 16.1 Å². The molecule has 3 aromatic rings. The first kappa shape index (κ1) is 22.2. The number of hydrogen-bond acceptors (Lipinski definition) is 8. The monoisotopic (exact) mass is 465 g/mol. The molecule has 33 heavy (non-hydrogen) atoms. The molecule has 1 atom stereocenters. The fourth-order valence-corrected chi connectivity index (χ4v) is 4.72. The summed E-state index contributed by atoms with van der Waals surface area (Å²) in [5.41, 5.74) is 0.986. The summed E-state index contributed by atoms with van der Waals surface area (Å²) in [6, 6.07) is 12.3. The van der Waals surface area contributed by atoms with Crippen molar-refractivity contribution < 1.29 is 19.6 Å². The predicted molar refractivity (Wildman–Crippen MR) is 122 cm³/mol. The lowest BCUT2D eigenvalue weighted by Crippen LogP contribution is -2.39. The standard InChI is InChI=1S/C23H19N3O6S/c1-3-32-22(29)19-13(2)24-23-25(20(19)15-7-5-4-6-8-15)21(28)18(33-23)12-14-9-10-17(27)16(11-14)26(30)31/h4-12,20,27H,3H2,1-2H3/b18-12-. The summed E-state index contributed by atoms with van der Waals surface area (Å²) in [6.07, 6.45) is 1.50. The van der Waals surface area contributed by atoms with E-state index in [1.165, 1.54) is 28.8 Å². The molecule has 9 nitrogen and oxygen atoms in total. The van der Waals surface area contributed by atoms with Crippen LogP contribution in [0.1, 0.15) is 31.0 Å². The maximum Gasteiger partial charge on any atom is 0.338 e. The molecule has 0 amide bonds. The summed E-state index contributed by atoms with van der Waals surface area (Å²) < 4.78 is 6.97. The number of fused-ring (bicyclic) bond motifs is 1. The number of rotatable bonds is 5. The molecule has 0 saturated carbocycles. The van der Waals surface area contributed by atoms with Crippen molar-refractivity contribution >= 4 is 29.1 Å². The van der Waals surface area contributed by atoms with E-state index in [4.69, 9.17) is 4.74 Å². The predicted octanol–water partition coefficient (Wildman–Crippen LogP) is 2.41. The van der Waals surface area contributed by atoms with Crippen LogP contribution in [-0.4, -0.2) is 27.2 Å². The molecule has 2 heterocycles. The van der Waals surface area contributed by atoms with E-state index in [1.54, 1.807) is 13.8 Å². The van der Waals surface area contributed by atoms with Gasteiger partial charge in [-0.15, -0.1) is 0 Å². The number of ether oxygens (including phenoxy) is 1. The van der Waals surface area contributed by atoms with Crippen LogP contribution < -0.4 is 14.9 Å². The van der Waals surface area contributed by atoms with Crippen molar-refractivity contribution in [2.45, 2.75) is 19.9 Å². The van der Waals surface area contributed by atoms with Gasteiger partial charge in [0.05, 0.1) is 33.4 Å². The third kappa shape index (κ3) is 4.08. The summed E-state index contributed by atoms with van der Waals surface area (Å²) >= 11 is 1.11. The van der Waals surface area contributed by atoms with Gasteiger partial charge in [0, 0.05) is 6.07 Å². The first-order chi connectivity index (χ1) is 15.8. The van der Waals surface area contributed by atoms with Crippen molar-refractivity contribution in [3.05, 3.63) is 101 Å². The minimum absolute atomic E-state index is 0.182. The number of aromatic nitrogens is 1. The minimum atomic E-state index is -0.724. The Morgan fingerprint density at radius 1 is 1.30 bits per heavy atom. The second-order valence-electron chi connectivity index (χ2n) is 7.22. The van der Waals surface area contributed by atoms with E-state index in [2.05, 4.69) is 4.99 Å². The van der Waals surface area contributed by atoms with Gasteiger partial charge in [0.2, 0.25) is 0 Å². The quantitative estimate of drug-likeness (QED) is 0.351. The highest BCUT2D eigenvalue weighted by Crippen LogP contribution is 2.30. The highest BCUT2D eigenvalue weighted by atomic mass is 32.1. The number of carbonyl (C=O) groups is 1. The van der Waals surface area contributed by atoms with Gasteiger partial charge >= 0.3 is 11.7 Å². The van der Waals surface area contributed by atoms with Crippen molar-refractivity contribution in [1.29, 1.82) is 0 Å². The average molecular weight is 465 g/mol. The molecule has 10 heteroatoms. The van der Waals surface area contributed by atoms with Crippen molar-refractivity contribution in [3.8, 4) is 5.75 Å². The second kappa shape index (κ2) is 8.83. The van der Waals surface area contributed by atoms with Crippen molar-refractivity contribution in [2.75, 3.05) is 6.61 Å². The number of thiazole rings is 1. The molecular weight excluding hydrogens is 446 g/mol. The topological polar surface area (TPSA) is 124 Å². The third-order valence-corrected chi connectivity index (χ3v) is 6.11. The maximum atomic E-state index is 13.4. The Hall–Kier alpha value is -4.05. The molecule has 0 bridgehead atoms. The van der Waals surface area contributed by atoms with Gasteiger partial charge in [0.25, 0.3) is 5.56 Å². The van der Waals surface area contributed by atoms with Crippen LogP contribution in [0.4, 0.5) is 5.69 Å². The van der Waals surface area contributed by atoms with Crippen LogP contribution in [-0.2, 0) is 9.53 Å². The summed E-state index contributed by atoms with van der Waals surface area (Å²) in [6.45, 7) is 3.58. The number of esters is 1. The highest BCUT2D eigenvalue weighted by molar-refractivity contribution is 7.07. The number of nitro groups is 1. The number of allylic oxidation sites excluding steroid dienone is 1. The molecule has 1 aliphatic heterocycles. The van der Waals surface area contributed by atoms with E-state index in [-0.39, 0.29) is 16.7 Å². The summed E-state index contributed by atoms with van der Waals surface area (Å²) in [5, 5.41) is 20.8. The zero-order chi connectivity index (χ0) is 23.7. The summed E-state index contributed by atoms with van der Waals surface area (Å²) in [7, 11) is 0. The molecule has 0 radical (unpaired) electrons. The summed E-state index contributed by atoms with van der Waals surface area (Å²) in [5.74, 6) is -1.01. The van der Waals surface area contributed by atoms with Crippen LogP contribution in [0.15, 0.2) is 69.6 Å². The zero-order valence-corrected chi connectivity index (χ0v) is 18.5. The van der Waals surface area contributed by atoms with Gasteiger partial charge in [-0.3, -0.25) is 19.5 Å². The molecule has 1 unspecified atom stereocenters.